The summed E-state index contributed by atoms with van der Waals surface area (Å²) >= 11 is 1.32. The lowest BCUT2D eigenvalue weighted by Crippen LogP contribution is -2.40. The molecule has 21 heavy (non-hydrogen) atoms. The Morgan fingerprint density at radius 2 is 2.05 bits per heavy atom. The van der Waals surface area contributed by atoms with Gasteiger partial charge in [-0.1, -0.05) is 0 Å². The van der Waals surface area contributed by atoms with Gasteiger partial charge in [-0.05, 0) is 56.9 Å². The maximum absolute atomic E-state index is 12.6. The molecule has 0 spiro atoms. The van der Waals surface area contributed by atoms with Crippen molar-refractivity contribution in [3.63, 3.8) is 0 Å². The molecule has 0 saturated carbocycles. The molecule has 1 aliphatic heterocycles. The molecule has 1 saturated heterocycles. The zero-order chi connectivity index (χ0) is 15.5. The maximum atomic E-state index is 12.6. The number of nitrogens with one attached hydrogen (secondary N) is 1. The zero-order valence-electron chi connectivity index (χ0n) is 13.0. The molecule has 0 aliphatic carbocycles. The molecule has 2 heterocycles. The largest absolute Gasteiger partial charge is 0.316 e. The molecule has 7 heteroatoms. The van der Waals surface area contributed by atoms with Crippen LogP contribution in [0.5, 0.6) is 0 Å². The molecule has 0 radical (unpaired) electrons. The van der Waals surface area contributed by atoms with Gasteiger partial charge in [0.2, 0.25) is 0 Å². The van der Waals surface area contributed by atoms with E-state index < -0.39 is 10.0 Å². The third kappa shape index (κ3) is 4.26. The monoisotopic (exact) mass is 331 g/mol. The summed E-state index contributed by atoms with van der Waals surface area (Å²) in [5.41, 5.74) is 1.03. The Hall–Kier alpha value is -0.470. The SMILES string of the molecule is CNCc1csc(S(=O)(=O)N2CCC(CN(C)C)CC2)c1. The van der Waals surface area contributed by atoms with Crippen molar-refractivity contribution >= 4 is 21.4 Å². The van der Waals surface area contributed by atoms with Crippen molar-refractivity contribution in [1.29, 1.82) is 0 Å². The fourth-order valence-electron chi connectivity index (χ4n) is 2.76. The van der Waals surface area contributed by atoms with Crippen LogP contribution >= 0.6 is 11.3 Å². The summed E-state index contributed by atoms with van der Waals surface area (Å²) in [6.07, 6.45) is 1.90. The van der Waals surface area contributed by atoms with Gasteiger partial charge >= 0.3 is 0 Å². The number of hydrogen-bond acceptors (Lipinski definition) is 5. The molecular formula is C14H25N3O2S2. The topological polar surface area (TPSA) is 52.7 Å². The second kappa shape index (κ2) is 7.19. The Morgan fingerprint density at radius 1 is 1.38 bits per heavy atom. The maximum Gasteiger partial charge on any atom is 0.252 e. The number of rotatable bonds is 6. The summed E-state index contributed by atoms with van der Waals surface area (Å²) in [6, 6.07) is 1.79. The van der Waals surface area contributed by atoms with Crippen molar-refractivity contribution in [3.8, 4) is 0 Å². The van der Waals surface area contributed by atoms with Gasteiger partial charge < -0.3 is 10.2 Å². The lowest BCUT2D eigenvalue weighted by Gasteiger charge is -2.32. The number of thiophene rings is 1. The van der Waals surface area contributed by atoms with E-state index >= 15 is 0 Å². The summed E-state index contributed by atoms with van der Waals surface area (Å²) in [6.45, 7) is 3.02. The van der Waals surface area contributed by atoms with Gasteiger partial charge in [-0.2, -0.15) is 4.31 Å². The van der Waals surface area contributed by atoms with Gasteiger partial charge in [-0.3, -0.25) is 0 Å². The van der Waals surface area contributed by atoms with E-state index in [-0.39, 0.29) is 0 Å². The van der Waals surface area contributed by atoms with Crippen LogP contribution in [0.3, 0.4) is 0 Å². The highest BCUT2D eigenvalue weighted by molar-refractivity contribution is 7.91. The Labute approximate surface area is 132 Å². The molecule has 1 aromatic heterocycles. The average molecular weight is 332 g/mol. The van der Waals surface area contributed by atoms with E-state index in [2.05, 4.69) is 24.3 Å². The standard InChI is InChI=1S/C14H25N3O2S2/c1-15-9-13-8-14(20-11-13)21(18,19)17-6-4-12(5-7-17)10-16(2)3/h8,11-12,15H,4-7,9-10H2,1-3H3. The van der Waals surface area contributed by atoms with Crippen molar-refractivity contribution in [2.45, 2.75) is 23.6 Å². The first-order valence-electron chi connectivity index (χ1n) is 7.30. The summed E-state index contributed by atoms with van der Waals surface area (Å²) in [4.78, 5) is 2.18. The fraction of sp³-hybridized carbons (Fsp3) is 0.714. The Kier molecular flexibility index (Phi) is 5.79. The van der Waals surface area contributed by atoms with Crippen LogP contribution in [0.1, 0.15) is 18.4 Å². The van der Waals surface area contributed by atoms with Gasteiger partial charge in [0.1, 0.15) is 4.21 Å². The predicted molar refractivity (Wildman–Crippen MR) is 87.1 cm³/mol. The van der Waals surface area contributed by atoms with Gasteiger partial charge in [-0.15, -0.1) is 11.3 Å². The van der Waals surface area contributed by atoms with E-state index in [1.807, 2.05) is 12.4 Å². The molecule has 2 rings (SSSR count). The minimum absolute atomic E-state index is 0.471. The first-order chi connectivity index (χ1) is 9.93. The van der Waals surface area contributed by atoms with Crippen molar-refractivity contribution < 1.29 is 8.42 Å². The first-order valence-corrected chi connectivity index (χ1v) is 9.62. The molecule has 1 N–H and O–H groups in total. The average Bonchev–Trinajstić information content (AvgIpc) is 2.88. The highest BCUT2D eigenvalue weighted by Gasteiger charge is 2.30. The molecule has 1 aliphatic rings. The molecule has 120 valence electrons. The molecule has 5 nitrogen and oxygen atoms in total. The van der Waals surface area contributed by atoms with Gasteiger partial charge in [0.15, 0.2) is 0 Å². The van der Waals surface area contributed by atoms with Crippen LogP contribution in [-0.4, -0.2) is 58.4 Å². The molecule has 0 unspecified atom stereocenters. The molecule has 1 aromatic rings. The summed E-state index contributed by atoms with van der Waals surface area (Å²) in [7, 11) is 2.70. The Morgan fingerprint density at radius 3 is 2.62 bits per heavy atom. The van der Waals surface area contributed by atoms with Gasteiger partial charge in [-0.25, -0.2) is 8.42 Å². The van der Waals surface area contributed by atoms with E-state index in [9.17, 15) is 8.42 Å². The van der Waals surface area contributed by atoms with Gasteiger partial charge in [0.25, 0.3) is 10.0 Å². The highest BCUT2D eigenvalue weighted by atomic mass is 32.2. The lowest BCUT2D eigenvalue weighted by atomic mass is 9.98. The summed E-state index contributed by atoms with van der Waals surface area (Å²) in [5, 5.41) is 4.96. The third-order valence-corrected chi connectivity index (χ3v) is 7.16. The van der Waals surface area contributed by atoms with Crippen LogP contribution in [-0.2, 0) is 16.6 Å². The molecular weight excluding hydrogens is 306 g/mol. The van der Waals surface area contributed by atoms with Crippen LogP contribution in [0.25, 0.3) is 0 Å². The molecule has 0 aromatic carbocycles. The zero-order valence-corrected chi connectivity index (χ0v) is 14.6. The highest BCUT2D eigenvalue weighted by Crippen LogP contribution is 2.28. The van der Waals surface area contributed by atoms with E-state index in [0.29, 0.717) is 29.8 Å². The number of sulfonamides is 1. The van der Waals surface area contributed by atoms with Gasteiger partial charge in [0.05, 0.1) is 0 Å². The first kappa shape index (κ1) is 16.9. The predicted octanol–water partition coefficient (Wildman–Crippen LogP) is 1.43. The van der Waals surface area contributed by atoms with Crippen molar-refractivity contribution in [2.24, 2.45) is 5.92 Å². The van der Waals surface area contributed by atoms with Crippen molar-refractivity contribution in [2.75, 3.05) is 40.8 Å². The minimum Gasteiger partial charge on any atom is -0.316 e. The third-order valence-electron chi connectivity index (χ3n) is 3.80. The number of hydrogen-bond donors (Lipinski definition) is 1. The van der Waals surface area contributed by atoms with E-state index in [4.69, 9.17) is 0 Å². The quantitative estimate of drug-likeness (QED) is 0.857. The Balaban J connectivity index is 2.00. The summed E-state index contributed by atoms with van der Waals surface area (Å²) in [5.74, 6) is 0.606. The number of piperidine rings is 1. The lowest BCUT2D eigenvalue weighted by molar-refractivity contribution is 0.225. The second-order valence-electron chi connectivity index (χ2n) is 5.91. The molecule has 0 amide bonds. The Bertz CT molecular complexity index is 546. The molecule has 1 fully saturated rings. The van der Waals surface area contributed by atoms with Crippen LogP contribution in [0.2, 0.25) is 0 Å². The minimum atomic E-state index is -3.30. The van der Waals surface area contributed by atoms with Crippen molar-refractivity contribution in [1.82, 2.24) is 14.5 Å². The fourth-order valence-corrected chi connectivity index (χ4v) is 5.59. The summed E-state index contributed by atoms with van der Waals surface area (Å²) < 4.78 is 27.4. The van der Waals surface area contributed by atoms with Crippen molar-refractivity contribution in [3.05, 3.63) is 17.0 Å². The smallest absolute Gasteiger partial charge is 0.252 e. The van der Waals surface area contributed by atoms with E-state index in [1.165, 1.54) is 11.3 Å². The number of nitrogens with zero attached hydrogens (tertiary/aromatic N) is 2. The van der Waals surface area contributed by atoms with E-state index in [0.717, 1.165) is 24.9 Å². The van der Waals surface area contributed by atoms with Crippen LogP contribution in [0.4, 0.5) is 0 Å². The second-order valence-corrected chi connectivity index (χ2v) is 8.99. The van der Waals surface area contributed by atoms with Gasteiger partial charge in [0, 0.05) is 26.2 Å². The van der Waals surface area contributed by atoms with Crippen LogP contribution < -0.4 is 5.32 Å². The van der Waals surface area contributed by atoms with E-state index in [1.54, 1.807) is 10.4 Å². The molecule has 0 bridgehead atoms. The van der Waals surface area contributed by atoms with Crippen LogP contribution in [0.15, 0.2) is 15.7 Å². The molecule has 0 atom stereocenters. The normalized spacial score (nSPS) is 18.5. The van der Waals surface area contributed by atoms with Crippen LogP contribution in [0, 0.1) is 5.92 Å².